The molecular weight excluding hydrogens is 297 g/mol. The second-order valence-corrected chi connectivity index (χ2v) is 5.66. The van der Waals surface area contributed by atoms with Crippen LogP contribution in [0.15, 0.2) is 0 Å². The second-order valence-electron chi connectivity index (χ2n) is 5.66. The van der Waals surface area contributed by atoms with E-state index in [1.54, 1.807) is 0 Å². The number of amides is 1. The molecule has 2 atom stereocenters. The lowest BCUT2D eigenvalue weighted by Gasteiger charge is -2.23. The van der Waals surface area contributed by atoms with Crippen LogP contribution in [-0.4, -0.2) is 62.5 Å². The molecular formula is C14H31Cl2N3O. The zero-order chi connectivity index (χ0) is 13.5. The summed E-state index contributed by atoms with van der Waals surface area (Å²) < 4.78 is 0. The first-order valence-corrected chi connectivity index (χ1v) is 7.20. The number of rotatable bonds is 7. The highest BCUT2D eigenvalue weighted by Crippen LogP contribution is 2.19. The SMILES string of the molecule is CCCN(C)CC1CCN(C(=O)C(C)CNC)C1.Cl.Cl. The lowest BCUT2D eigenvalue weighted by molar-refractivity contribution is -0.133. The Morgan fingerprint density at radius 2 is 2.10 bits per heavy atom. The molecule has 0 aromatic carbocycles. The second kappa shape index (κ2) is 11.6. The first kappa shape index (κ1) is 22.3. The van der Waals surface area contributed by atoms with E-state index in [1.807, 2.05) is 18.9 Å². The highest BCUT2D eigenvalue weighted by Gasteiger charge is 2.28. The molecule has 122 valence electrons. The summed E-state index contributed by atoms with van der Waals surface area (Å²) in [5.41, 5.74) is 0. The van der Waals surface area contributed by atoms with E-state index in [-0.39, 0.29) is 30.7 Å². The van der Waals surface area contributed by atoms with Crippen molar-refractivity contribution in [1.82, 2.24) is 15.1 Å². The Morgan fingerprint density at radius 1 is 1.45 bits per heavy atom. The number of carbonyl (C=O) groups excluding carboxylic acids is 1. The molecule has 1 aliphatic heterocycles. The zero-order valence-electron chi connectivity index (χ0n) is 13.2. The molecule has 0 radical (unpaired) electrons. The van der Waals surface area contributed by atoms with Crippen molar-refractivity contribution in [2.75, 3.05) is 46.8 Å². The van der Waals surface area contributed by atoms with Crippen LogP contribution >= 0.6 is 24.8 Å². The summed E-state index contributed by atoms with van der Waals surface area (Å²) in [5.74, 6) is 1.07. The van der Waals surface area contributed by atoms with Crippen molar-refractivity contribution in [3.8, 4) is 0 Å². The molecule has 2 unspecified atom stereocenters. The summed E-state index contributed by atoms with van der Waals surface area (Å²) in [6, 6.07) is 0. The Kier molecular flexibility index (Phi) is 12.9. The molecule has 0 aromatic rings. The highest BCUT2D eigenvalue weighted by atomic mass is 35.5. The van der Waals surface area contributed by atoms with Crippen molar-refractivity contribution in [2.45, 2.75) is 26.7 Å². The standard InChI is InChI=1S/C14H29N3O.2ClH/c1-5-7-16(4)10-13-6-8-17(11-13)14(18)12(2)9-15-3;;/h12-13,15H,5-11H2,1-4H3;2*1H. The Morgan fingerprint density at radius 3 is 2.65 bits per heavy atom. The van der Waals surface area contributed by atoms with Gasteiger partial charge in [0.1, 0.15) is 0 Å². The van der Waals surface area contributed by atoms with E-state index in [1.165, 1.54) is 6.42 Å². The van der Waals surface area contributed by atoms with Crippen LogP contribution in [0, 0.1) is 11.8 Å². The first-order valence-electron chi connectivity index (χ1n) is 7.20. The van der Waals surface area contributed by atoms with E-state index in [2.05, 4.69) is 24.2 Å². The van der Waals surface area contributed by atoms with Gasteiger partial charge in [-0.3, -0.25) is 4.79 Å². The van der Waals surface area contributed by atoms with E-state index >= 15 is 0 Å². The van der Waals surface area contributed by atoms with Crippen LogP contribution in [0.4, 0.5) is 0 Å². The van der Waals surface area contributed by atoms with E-state index in [4.69, 9.17) is 0 Å². The van der Waals surface area contributed by atoms with Crippen molar-refractivity contribution in [2.24, 2.45) is 11.8 Å². The van der Waals surface area contributed by atoms with Crippen LogP contribution in [0.3, 0.4) is 0 Å². The summed E-state index contributed by atoms with van der Waals surface area (Å²) in [7, 11) is 4.08. The van der Waals surface area contributed by atoms with Crippen molar-refractivity contribution >= 4 is 30.7 Å². The van der Waals surface area contributed by atoms with Gasteiger partial charge in [0, 0.05) is 32.1 Å². The van der Waals surface area contributed by atoms with Gasteiger partial charge in [-0.15, -0.1) is 24.8 Å². The predicted octanol–water partition coefficient (Wildman–Crippen LogP) is 1.88. The normalized spacial score (nSPS) is 19.4. The molecule has 1 amide bonds. The molecule has 0 spiro atoms. The third kappa shape index (κ3) is 7.11. The van der Waals surface area contributed by atoms with Crippen LogP contribution in [0.2, 0.25) is 0 Å². The molecule has 6 heteroatoms. The highest BCUT2D eigenvalue weighted by molar-refractivity contribution is 5.85. The number of nitrogens with one attached hydrogen (secondary N) is 1. The maximum absolute atomic E-state index is 12.2. The number of likely N-dealkylation sites (tertiary alicyclic amines) is 1. The summed E-state index contributed by atoms with van der Waals surface area (Å²) in [4.78, 5) is 16.6. The fourth-order valence-corrected chi connectivity index (χ4v) is 2.80. The Bertz CT molecular complexity index is 267. The minimum Gasteiger partial charge on any atom is -0.342 e. The number of hydrogen-bond donors (Lipinski definition) is 1. The molecule has 1 aliphatic rings. The fraction of sp³-hybridized carbons (Fsp3) is 0.929. The van der Waals surface area contributed by atoms with Gasteiger partial charge in [-0.2, -0.15) is 0 Å². The van der Waals surface area contributed by atoms with E-state index < -0.39 is 0 Å². The minimum atomic E-state index is 0. The van der Waals surface area contributed by atoms with Gasteiger partial charge in [0.25, 0.3) is 0 Å². The largest absolute Gasteiger partial charge is 0.342 e. The van der Waals surface area contributed by atoms with Gasteiger partial charge >= 0.3 is 0 Å². The third-order valence-electron chi connectivity index (χ3n) is 3.70. The molecule has 1 heterocycles. The molecule has 1 rings (SSSR count). The fourth-order valence-electron chi connectivity index (χ4n) is 2.80. The number of halogens is 2. The van der Waals surface area contributed by atoms with E-state index in [9.17, 15) is 4.79 Å². The molecule has 0 aromatic heterocycles. The van der Waals surface area contributed by atoms with Crippen LogP contribution in [0.25, 0.3) is 0 Å². The van der Waals surface area contributed by atoms with E-state index in [0.717, 1.165) is 39.1 Å². The van der Waals surface area contributed by atoms with Gasteiger partial charge < -0.3 is 15.1 Å². The summed E-state index contributed by atoms with van der Waals surface area (Å²) in [5, 5.41) is 3.08. The molecule has 20 heavy (non-hydrogen) atoms. The average Bonchev–Trinajstić information content (AvgIpc) is 2.77. The Balaban J connectivity index is 0. The summed E-state index contributed by atoms with van der Waals surface area (Å²) in [6.45, 7) is 9.16. The predicted molar refractivity (Wildman–Crippen MR) is 90.1 cm³/mol. The van der Waals surface area contributed by atoms with Gasteiger partial charge in [-0.25, -0.2) is 0 Å². The first-order chi connectivity index (χ1) is 8.58. The van der Waals surface area contributed by atoms with Gasteiger partial charge in [0.15, 0.2) is 0 Å². The number of nitrogens with zero attached hydrogens (tertiary/aromatic N) is 2. The van der Waals surface area contributed by atoms with Crippen molar-refractivity contribution in [3.05, 3.63) is 0 Å². The summed E-state index contributed by atoms with van der Waals surface area (Å²) >= 11 is 0. The van der Waals surface area contributed by atoms with Gasteiger partial charge in [0.05, 0.1) is 0 Å². The van der Waals surface area contributed by atoms with Gasteiger partial charge in [-0.1, -0.05) is 13.8 Å². The molecule has 0 aliphatic carbocycles. The maximum atomic E-state index is 12.2. The summed E-state index contributed by atoms with van der Waals surface area (Å²) in [6.07, 6.45) is 2.36. The average molecular weight is 328 g/mol. The molecule has 1 saturated heterocycles. The third-order valence-corrected chi connectivity index (χ3v) is 3.70. The molecule has 1 N–H and O–H groups in total. The number of hydrogen-bond acceptors (Lipinski definition) is 3. The molecule has 0 saturated carbocycles. The van der Waals surface area contributed by atoms with Crippen molar-refractivity contribution < 1.29 is 4.79 Å². The molecule has 4 nitrogen and oxygen atoms in total. The monoisotopic (exact) mass is 327 g/mol. The van der Waals surface area contributed by atoms with Crippen LogP contribution in [0.1, 0.15) is 26.7 Å². The minimum absolute atomic E-state index is 0. The Hall–Kier alpha value is -0.0300. The topological polar surface area (TPSA) is 35.6 Å². The van der Waals surface area contributed by atoms with Crippen molar-refractivity contribution in [3.63, 3.8) is 0 Å². The van der Waals surface area contributed by atoms with Gasteiger partial charge in [-0.05, 0) is 39.4 Å². The quantitative estimate of drug-likeness (QED) is 0.775. The van der Waals surface area contributed by atoms with Gasteiger partial charge in [0.2, 0.25) is 5.91 Å². The molecule has 0 bridgehead atoms. The van der Waals surface area contributed by atoms with Crippen molar-refractivity contribution in [1.29, 1.82) is 0 Å². The lowest BCUT2D eigenvalue weighted by atomic mass is 10.1. The number of carbonyl (C=O) groups is 1. The Labute approximate surface area is 136 Å². The smallest absolute Gasteiger partial charge is 0.226 e. The zero-order valence-corrected chi connectivity index (χ0v) is 14.9. The van der Waals surface area contributed by atoms with E-state index in [0.29, 0.717) is 11.8 Å². The lowest BCUT2D eigenvalue weighted by Crippen LogP contribution is -2.38. The van der Waals surface area contributed by atoms with Crippen LogP contribution in [-0.2, 0) is 4.79 Å². The van der Waals surface area contributed by atoms with Crippen LogP contribution < -0.4 is 5.32 Å². The molecule has 1 fully saturated rings. The maximum Gasteiger partial charge on any atom is 0.226 e. The van der Waals surface area contributed by atoms with Crippen LogP contribution in [0.5, 0.6) is 0 Å².